The molecule has 20 heavy (non-hydrogen) atoms. The predicted molar refractivity (Wildman–Crippen MR) is 82.1 cm³/mol. The van der Waals surface area contributed by atoms with Crippen molar-refractivity contribution in [2.75, 3.05) is 30.3 Å². The van der Waals surface area contributed by atoms with Crippen LogP contribution in [-0.4, -0.2) is 25.5 Å². The molecule has 3 N–H and O–H groups in total. The lowest BCUT2D eigenvalue weighted by Crippen LogP contribution is -2.23. The Bertz CT molecular complexity index is 524. The summed E-state index contributed by atoms with van der Waals surface area (Å²) in [5.41, 5.74) is 6.77. The highest BCUT2D eigenvalue weighted by molar-refractivity contribution is 7.19. The molecule has 1 aliphatic heterocycles. The number of rotatable bonds is 3. The Morgan fingerprint density at radius 2 is 2.05 bits per heavy atom. The van der Waals surface area contributed by atoms with Crippen LogP contribution in [0.5, 0.6) is 0 Å². The van der Waals surface area contributed by atoms with Gasteiger partial charge >= 0.3 is 0 Å². The van der Waals surface area contributed by atoms with Gasteiger partial charge in [0.15, 0.2) is 0 Å². The molecule has 0 unspecified atom stereocenters. The molecular formula is C14H20N4OS. The average molecular weight is 292 g/mol. The molecule has 1 aliphatic rings. The zero-order valence-electron chi connectivity index (χ0n) is 11.7. The monoisotopic (exact) mass is 292 g/mol. The molecule has 0 spiro atoms. The van der Waals surface area contributed by atoms with Crippen LogP contribution in [0.3, 0.4) is 0 Å². The third-order valence-electron chi connectivity index (χ3n) is 3.48. The van der Waals surface area contributed by atoms with E-state index in [1.54, 1.807) is 0 Å². The van der Waals surface area contributed by atoms with Gasteiger partial charge in [-0.05, 0) is 19.8 Å². The van der Waals surface area contributed by atoms with Crippen molar-refractivity contribution in [3.8, 4) is 6.07 Å². The van der Waals surface area contributed by atoms with Gasteiger partial charge < -0.3 is 16.0 Å². The molecule has 1 fully saturated rings. The summed E-state index contributed by atoms with van der Waals surface area (Å²) in [5.74, 6) is -0.187. The van der Waals surface area contributed by atoms with Crippen LogP contribution in [-0.2, 0) is 0 Å². The Kier molecular flexibility index (Phi) is 4.85. The van der Waals surface area contributed by atoms with E-state index in [0.717, 1.165) is 30.9 Å². The van der Waals surface area contributed by atoms with E-state index in [2.05, 4.69) is 16.3 Å². The van der Waals surface area contributed by atoms with Crippen LogP contribution in [0.25, 0.3) is 0 Å². The number of nitrogens with zero attached hydrogens (tertiary/aromatic N) is 2. The number of anilines is 2. The smallest absolute Gasteiger partial charge is 0.263 e. The van der Waals surface area contributed by atoms with Gasteiger partial charge in [0.2, 0.25) is 0 Å². The standard InChI is InChI=1S/C14H20N4OS/c1-2-17-13(19)12-11(16)10(9-15)14(20-12)18-7-5-3-4-6-8-18/h2-8,16H2,1H3,(H,17,19). The maximum Gasteiger partial charge on any atom is 0.263 e. The highest BCUT2D eigenvalue weighted by Gasteiger charge is 2.24. The van der Waals surface area contributed by atoms with Crippen LogP contribution >= 0.6 is 11.3 Å². The first kappa shape index (κ1) is 14.7. The number of nitrogen functional groups attached to an aromatic ring is 1. The molecule has 0 bridgehead atoms. The zero-order valence-corrected chi connectivity index (χ0v) is 12.6. The highest BCUT2D eigenvalue weighted by atomic mass is 32.1. The minimum Gasteiger partial charge on any atom is -0.396 e. The maximum atomic E-state index is 12.0. The van der Waals surface area contributed by atoms with E-state index in [9.17, 15) is 10.1 Å². The fraction of sp³-hybridized carbons (Fsp3) is 0.571. The molecule has 1 aromatic rings. The molecule has 0 radical (unpaired) electrons. The third-order valence-corrected chi connectivity index (χ3v) is 4.74. The van der Waals surface area contributed by atoms with Gasteiger partial charge in [0.25, 0.3) is 5.91 Å². The fourth-order valence-electron chi connectivity index (χ4n) is 2.45. The first-order valence-corrected chi connectivity index (χ1v) is 7.86. The topological polar surface area (TPSA) is 82.2 Å². The molecule has 0 aromatic carbocycles. The van der Waals surface area contributed by atoms with Crippen LogP contribution in [0.4, 0.5) is 10.7 Å². The second-order valence-electron chi connectivity index (χ2n) is 4.90. The number of hydrogen-bond donors (Lipinski definition) is 2. The molecule has 2 heterocycles. The Morgan fingerprint density at radius 3 is 2.60 bits per heavy atom. The van der Waals surface area contributed by atoms with E-state index >= 15 is 0 Å². The summed E-state index contributed by atoms with van der Waals surface area (Å²) in [6.07, 6.45) is 4.70. The van der Waals surface area contributed by atoms with Crippen molar-refractivity contribution in [3.63, 3.8) is 0 Å². The van der Waals surface area contributed by atoms with E-state index in [0.29, 0.717) is 22.7 Å². The van der Waals surface area contributed by atoms with Crippen molar-refractivity contribution in [3.05, 3.63) is 10.4 Å². The zero-order chi connectivity index (χ0) is 14.5. The van der Waals surface area contributed by atoms with E-state index < -0.39 is 0 Å². The van der Waals surface area contributed by atoms with Crippen LogP contribution < -0.4 is 16.0 Å². The second-order valence-corrected chi connectivity index (χ2v) is 5.90. The van der Waals surface area contributed by atoms with Gasteiger partial charge in [-0.2, -0.15) is 5.26 Å². The number of nitriles is 1. The van der Waals surface area contributed by atoms with Crippen molar-refractivity contribution in [2.45, 2.75) is 32.6 Å². The van der Waals surface area contributed by atoms with Crippen LogP contribution in [0.1, 0.15) is 47.8 Å². The minimum absolute atomic E-state index is 0.187. The van der Waals surface area contributed by atoms with E-state index in [1.165, 1.54) is 24.2 Å². The minimum atomic E-state index is -0.187. The van der Waals surface area contributed by atoms with Crippen molar-refractivity contribution in [1.82, 2.24) is 5.32 Å². The SMILES string of the molecule is CCNC(=O)c1sc(N2CCCCCC2)c(C#N)c1N. The first-order valence-electron chi connectivity index (χ1n) is 7.04. The molecule has 1 saturated heterocycles. The summed E-state index contributed by atoms with van der Waals surface area (Å²) in [6.45, 7) is 4.28. The number of carbonyl (C=O) groups excluding carboxylic acids is 1. The predicted octanol–water partition coefficient (Wildman–Crippen LogP) is 2.33. The van der Waals surface area contributed by atoms with Gasteiger partial charge in [0, 0.05) is 19.6 Å². The number of hydrogen-bond acceptors (Lipinski definition) is 5. The third kappa shape index (κ3) is 2.88. The van der Waals surface area contributed by atoms with Gasteiger partial charge in [0.1, 0.15) is 21.5 Å². The molecule has 1 amide bonds. The largest absolute Gasteiger partial charge is 0.396 e. The van der Waals surface area contributed by atoms with Gasteiger partial charge in [-0.1, -0.05) is 12.8 Å². The number of carbonyl (C=O) groups is 1. The highest BCUT2D eigenvalue weighted by Crippen LogP contribution is 2.38. The molecule has 6 heteroatoms. The van der Waals surface area contributed by atoms with Gasteiger partial charge in [-0.15, -0.1) is 11.3 Å². The Hall–Kier alpha value is -1.74. The molecule has 0 aliphatic carbocycles. The molecule has 1 aromatic heterocycles. The lowest BCUT2D eigenvalue weighted by molar-refractivity contribution is 0.0960. The number of nitrogens with one attached hydrogen (secondary N) is 1. The van der Waals surface area contributed by atoms with Crippen molar-refractivity contribution in [2.24, 2.45) is 0 Å². The number of nitrogens with two attached hydrogens (primary N) is 1. The lowest BCUT2D eigenvalue weighted by Gasteiger charge is -2.20. The summed E-state index contributed by atoms with van der Waals surface area (Å²) in [6, 6.07) is 2.16. The molecule has 0 saturated carbocycles. The van der Waals surface area contributed by atoms with Crippen molar-refractivity contribution in [1.29, 1.82) is 5.26 Å². The van der Waals surface area contributed by atoms with E-state index in [-0.39, 0.29) is 5.91 Å². The molecule has 2 rings (SSSR count). The Morgan fingerprint density at radius 1 is 1.40 bits per heavy atom. The summed E-state index contributed by atoms with van der Waals surface area (Å²) in [4.78, 5) is 14.7. The molecule has 5 nitrogen and oxygen atoms in total. The average Bonchev–Trinajstić information content (AvgIpc) is 2.63. The molecule has 0 atom stereocenters. The number of amides is 1. The Labute approximate surface area is 123 Å². The van der Waals surface area contributed by atoms with Gasteiger partial charge in [-0.25, -0.2) is 0 Å². The second kappa shape index (κ2) is 6.62. The van der Waals surface area contributed by atoms with E-state index in [1.807, 2.05) is 6.92 Å². The van der Waals surface area contributed by atoms with Crippen LogP contribution in [0.2, 0.25) is 0 Å². The summed E-state index contributed by atoms with van der Waals surface area (Å²) in [7, 11) is 0. The number of thiophene rings is 1. The molecular weight excluding hydrogens is 272 g/mol. The summed E-state index contributed by atoms with van der Waals surface area (Å²) < 4.78 is 0. The maximum absolute atomic E-state index is 12.0. The van der Waals surface area contributed by atoms with Crippen LogP contribution in [0.15, 0.2) is 0 Å². The van der Waals surface area contributed by atoms with Crippen LogP contribution in [0, 0.1) is 11.3 Å². The van der Waals surface area contributed by atoms with Crippen molar-refractivity contribution >= 4 is 27.9 Å². The fourth-order valence-corrected chi connectivity index (χ4v) is 3.58. The molecule has 108 valence electrons. The lowest BCUT2D eigenvalue weighted by atomic mass is 10.2. The van der Waals surface area contributed by atoms with Gasteiger partial charge in [-0.3, -0.25) is 4.79 Å². The Balaban J connectivity index is 2.35. The van der Waals surface area contributed by atoms with Crippen molar-refractivity contribution < 1.29 is 4.79 Å². The summed E-state index contributed by atoms with van der Waals surface area (Å²) in [5, 5.41) is 12.9. The normalized spacial score (nSPS) is 15.5. The first-order chi connectivity index (χ1) is 9.69. The quantitative estimate of drug-likeness (QED) is 0.895. The van der Waals surface area contributed by atoms with Gasteiger partial charge in [0.05, 0.1) is 5.69 Å². The van der Waals surface area contributed by atoms with E-state index in [4.69, 9.17) is 5.73 Å². The summed E-state index contributed by atoms with van der Waals surface area (Å²) >= 11 is 1.34.